The molecule has 1 aliphatic carbocycles. The van der Waals surface area contributed by atoms with Crippen molar-refractivity contribution in [3.8, 4) is 6.07 Å². The van der Waals surface area contributed by atoms with Crippen molar-refractivity contribution in [2.45, 2.75) is 58.0 Å². The predicted octanol–water partition coefficient (Wildman–Crippen LogP) is 5.16. The predicted molar refractivity (Wildman–Crippen MR) is 88.6 cm³/mol. The van der Waals surface area contributed by atoms with E-state index in [1.165, 1.54) is 12.8 Å². The third kappa shape index (κ3) is 3.17. The van der Waals surface area contributed by atoms with Crippen LogP contribution in [0, 0.1) is 22.7 Å². The molecule has 2 nitrogen and oxygen atoms in total. The van der Waals surface area contributed by atoms with Gasteiger partial charge in [-0.1, -0.05) is 47.8 Å². The molecule has 1 unspecified atom stereocenters. The van der Waals surface area contributed by atoms with E-state index in [9.17, 15) is 10.4 Å². The van der Waals surface area contributed by atoms with Gasteiger partial charge in [0.1, 0.15) is 5.60 Å². The highest BCUT2D eigenvalue weighted by molar-refractivity contribution is 9.10. The molecule has 0 saturated heterocycles. The Morgan fingerprint density at radius 1 is 1.33 bits per heavy atom. The fourth-order valence-corrected chi connectivity index (χ4v) is 3.89. The van der Waals surface area contributed by atoms with E-state index in [4.69, 9.17) is 0 Å². The summed E-state index contributed by atoms with van der Waals surface area (Å²) < 4.78 is 0.986. The summed E-state index contributed by atoms with van der Waals surface area (Å²) in [7, 11) is 0. The summed E-state index contributed by atoms with van der Waals surface area (Å²) in [5.74, 6) is 0.720. The maximum atomic E-state index is 11.1. The number of aliphatic hydroxyl groups is 1. The Morgan fingerprint density at radius 3 is 2.38 bits per heavy atom. The second-order valence-corrected chi connectivity index (χ2v) is 7.42. The van der Waals surface area contributed by atoms with Crippen LogP contribution in [-0.2, 0) is 5.60 Å². The third-order valence-corrected chi connectivity index (χ3v) is 5.74. The SMILES string of the molecule is CCCC1CCC(C#N)(C(C)(O)c2ccc(Br)cc2)CC1. The molecular weight excluding hydrogens is 326 g/mol. The van der Waals surface area contributed by atoms with Gasteiger partial charge in [0.2, 0.25) is 0 Å². The minimum Gasteiger partial charge on any atom is -0.384 e. The van der Waals surface area contributed by atoms with Gasteiger partial charge < -0.3 is 5.11 Å². The van der Waals surface area contributed by atoms with Crippen molar-refractivity contribution in [3.05, 3.63) is 34.3 Å². The molecule has 1 saturated carbocycles. The molecule has 1 aromatic carbocycles. The topological polar surface area (TPSA) is 44.0 Å². The Bertz CT molecular complexity index is 507. The van der Waals surface area contributed by atoms with Crippen LogP contribution in [0.1, 0.15) is 57.9 Å². The van der Waals surface area contributed by atoms with Crippen LogP contribution < -0.4 is 0 Å². The molecule has 0 heterocycles. The third-order valence-electron chi connectivity index (χ3n) is 5.21. The van der Waals surface area contributed by atoms with Crippen LogP contribution in [0.3, 0.4) is 0 Å². The molecule has 0 amide bonds. The zero-order chi connectivity index (χ0) is 15.5. The van der Waals surface area contributed by atoms with Gasteiger partial charge in [-0.15, -0.1) is 0 Å². The molecule has 1 aromatic rings. The second-order valence-electron chi connectivity index (χ2n) is 6.51. The minimum absolute atomic E-state index is 0.662. The average molecular weight is 350 g/mol. The van der Waals surface area contributed by atoms with E-state index in [0.717, 1.165) is 41.6 Å². The molecule has 0 radical (unpaired) electrons. The van der Waals surface area contributed by atoms with Crippen LogP contribution in [-0.4, -0.2) is 5.11 Å². The van der Waals surface area contributed by atoms with Gasteiger partial charge in [-0.2, -0.15) is 5.26 Å². The first-order valence-corrected chi connectivity index (χ1v) is 8.64. The highest BCUT2D eigenvalue weighted by atomic mass is 79.9. The summed E-state index contributed by atoms with van der Waals surface area (Å²) >= 11 is 3.42. The van der Waals surface area contributed by atoms with E-state index in [-0.39, 0.29) is 0 Å². The maximum Gasteiger partial charge on any atom is 0.105 e. The van der Waals surface area contributed by atoms with Gasteiger partial charge >= 0.3 is 0 Å². The summed E-state index contributed by atoms with van der Waals surface area (Å²) in [4.78, 5) is 0. The standard InChI is InChI=1S/C18H24BrNO/c1-3-4-14-9-11-18(13-20,12-10-14)17(2,21)15-5-7-16(19)8-6-15/h5-8,14,21H,3-4,9-12H2,1-2H3. The zero-order valence-corrected chi connectivity index (χ0v) is 14.5. The zero-order valence-electron chi connectivity index (χ0n) is 12.9. The summed E-state index contributed by atoms with van der Waals surface area (Å²) in [6.07, 6.45) is 6.12. The van der Waals surface area contributed by atoms with E-state index in [0.29, 0.717) is 0 Å². The lowest BCUT2D eigenvalue weighted by Crippen LogP contribution is -2.45. The van der Waals surface area contributed by atoms with Crippen molar-refractivity contribution in [2.75, 3.05) is 0 Å². The first-order valence-electron chi connectivity index (χ1n) is 7.85. The molecule has 1 atom stereocenters. The molecular formula is C18H24BrNO. The maximum absolute atomic E-state index is 11.1. The smallest absolute Gasteiger partial charge is 0.105 e. The Kier molecular flexibility index (Phi) is 5.11. The summed E-state index contributed by atoms with van der Waals surface area (Å²) in [5, 5.41) is 20.9. The molecule has 0 bridgehead atoms. The normalized spacial score (nSPS) is 28.6. The molecule has 1 N–H and O–H groups in total. The minimum atomic E-state index is -1.10. The van der Waals surface area contributed by atoms with E-state index in [1.807, 2.05) is 24.3 Å². The molecule has 0 spiro atoms. The van der Waals surface area contributed by atoms with E-state index in [2.05, 4.69) is 28.9 Å². The lowest BCUT2D eigenvalue weighted by molar-refractivity contribution is -0.0700. The summed E-state index contributed by atoms with van der Waals surface area (Å²) in [6, 6.07) is 10.2. The van der Waals surface area contributed by atoms with Crippen molar-refractivity contribution < 1.29 is 5.11 Å². The molecule has 2 rings (SSSR count). The molecule has 3 heteroatoms. The number of nitrogens with zero attached hydrogens (tertiary/aromatic N) is 1. The molecule has 0 aliphatic heterocycles. The van der Waals surface area contributed by atoms with E-state index >= 15 is 0 Å². The van der Waals surface area contributed by atoms with Crippen molar-refractivity contribution in [1.82, 2.24) is 0 Å². The van der Waals surface area contributed by atoms with Gasteiger partial charge in [-0.3, -0.25) is 0 Å². The van der Waals surface area contributed by atoms with Crippen LogP contribution in [0.4, 0.5) is 0 Å². The number of nitriles is 1. The van der Waals surface area contributed by atoms with E-state index < -0.39 is 11.0 Å². The Balaban J connectivity index is 2.24. The molecule has 114 valence electrons. The molecule has 1 aliphatic rings. The second kappa shape index (κ2) is 6.50. The monoisotopic (exact) mass is 349 g/mol. The largest absolute Gasteiger partial charge is 0.384 e. The molecule has 21 heavy (non-hydrogen) atoms. The van der Waals surface area contributed by atoms with Gasteiger partial charge in [0.15, 0.2) is 0 Å². The highest BCUT2D eigenvalue weighted by Crippen LogP contribution is 2.51. The van der Waals surface area contributed by atoms with Crippen LogP contribution in [0.15, 0.2) is 28.7 Å². The van der Waals surface area contributed by atoms with Gasteiger partial charge in [0.05, 0.1) is 11.5 Å². The highest BCUT2D eigenvalue weighted by Gasteiger charge is 2.50. The van der Waals surface area contributed by atoms with Crippen molar-refractivity contribution in [1.29, 1.82) is 5.26 Å². The quantitative estimate of drug-likeness (QED) is 0.815. The molecule has 0 aromatic heterocycles. The summed E-state index contributed by atoms with van der Waals surface area (Å²) in [5.41, 5.74) is -0.925. The van der Waals surface area contributed by atoms with Crippen LogP contribution >= 0.6 is 15.9 Å². The van der Waals surface area contributed by atoms with Gasteiger partial charge in [0, 0.05) is 4.47 Å². The number of hydrogen-bond acceptors (Lipinski definition) is 2. The van der Waals surface area contributed by atoms with Gasteiger partial charge in [-0.25, -0.2) is 0 Å². The fourth-order valence-electron chi connectivity index (χ4n) is 3.63. The lowest BCUT2D eigenvalue weighted by atomic mass is 9.60. The first-order chi connectivity index (χ1) is 9.95. The van der Waals surface area contributed by atoms with Gasteiger partial charge in [-0.05, 0) is 56.2 Å². The fraction of sp³-hybridized carbons (Fsp3) is 0.611. The number of rotatable bonds is 4. The first kappa shape index (κ1) is 16.5. The van der Waals surface area contributed by atoms with Crippen molar-refractivity contribution in [3.63, 3.8) is 0 Å². The Hall–Kier alpha value is -0.850. The number of hydrogen-bond donors (Lipinski definition) is 1. The average Bonchev–Trinajstić information content (AvgIpc) is 2.49. The van der Waals surface area contributed by atoms with E-state index in [1.54, 1.807) is 6.92 Å². The summed E-state index contributed by atoms with van der Waals surface area (Å²) in [6.45, 7) is 4.02. The number of halogens is 1. The van der Waals surface area contributed by atoms with Crippen molar-refractivity contribution in [2.24, 2.45) is 11.3 Å². The van der Waals surface area contributed by atoms with Crippen LogP contribution in [0.2, 0.25) is 0 Å². The van der Waals surface area contributed by atoms with Crippen LogP contribution in [0.25, 0.3) is 0 Å². The lowest BCUT2D eigenvalue weighted by Gasteiger charge is -2.45. The molecule has 1 fully saturated rings. The van der Waals surface area contributed by atoms with Crippen LogP contribution in [0.5, 0.6) is 0 Å². The van der Waals surface area contributed by atoms with Crippen molar-refractivity contribution >= 4 is 15.9 Å². The Labute approximate surface area is 136 Å². The Morgan fingerprint density at radius 2 is 1.90 bits per heavy atom. The number of benzene rings is 1. The van der Waals surface area contributed by atoms with Gasteiger partial charge in [0.25, 0.3) is 0 Å².